The molecule has 0 spiro atoms. The number of nitrogens with zero attached hydrogens (tertiary/aromatic N) is 3. The lowest BCUT2D eigenvalue weighted by Gasteiger charge is -2.31. The Balaban J connectivity index is 1.82. The summed E-state index contributed by atoms with van der Waals surface area (Å²) in [6, 6.07) is 14.8. The fourth-order valence-corrected chi connectivity index (χ4v) is 4.57. The largest absolute Gasteiger partial charge is 0.461 e. The van der Waals surface area contributed by atoms with Crippen LogP contribution in [0.15, 0.2) is 48.5 Å². The molecule has 0 unspecified atom stereocenters. The summed E-state index contributed by atoms with van der Waals surface area (Å²) >= 11 is 0. The highest BCUT2D eigenvalue weighted by molar-refractivity contribution is 6.10. The fraction of sp³-hybridized carbons (Fsp3) is 0.333. The normalized spacial score (nSPS) is 13.7. The van der Waals surface area contributed by atoms with E-state index in [0.717, 1.165) is 49.3 Å². The zero-order valence-corrected chi connectivity index (χ0v) is 22.2. The number of esters is 1. The quantitative estimate of drug-likeness (QED) is 0.247. The van der Waals surface area contributed by atoms with Gasteiger partial charge < -0.3 is 20.4 Å². The maximum Gasteiger partial charge on any atom is 0.357 e. The first-order valence-corrected chi connectivity index (χ1v) is 13.0. The summed E-state index contributed by atoms with van der Waals surface area (Å²) < 4.78 is 33.3. The van der Waals surface area contributed by atoms with Gasteiger partial charge in [0.2, 0.25) is 0 Å². The number of nitriles is 1. The zero-order chi connectivity index (χ0) is 28.1. The minimum Gasteiger partial charge on any atom is -0.461 e. The summed E-state index contributed by atoms with van der Waals surface area (Å²) in [5.74, 6) is -2.23. The minimum absolute atomic E-state index is 0.000159. The van der Waals surface area contributed by atoms with Crippen LogP contribution in [0.5, 0.6) is 0 Å². The van der Waals surface area contributed by atoms with E-state index in [1.54, 1.807) is 13.0 Å². The molecule has 4 rings (SSSR count). The second kappa shape index (κ2) is 12.0. The molecule has 202 valence electrons. The van der Waals surface area contributed by atoms with Gasteiger partial charge in [0.1, 0.15) is 17.5 Å². The lowest BCUT2D eigenvalue weighted by molar-refractivity contribution is 0.0519. The molecular formula is C30H31F2N5O2. The average Bonchev–Trinajstić information content (AvgIpc) is 2.94. The van der Waals surface area contributed by atoms with Gasteiger partial charge in [-0.3, -0.25) is 0 Å². The molecule has 7 nitrogen and oxygen atoms in total. The summed E-state index contributed by atoms with van der Waals surface area (Å²) in [5, 5.41) is 21.0. The Labute approximate surface area is 226 Å². The third-order valence-corrected chi connectivity index (χ3v) is 6.76. The Morgan fingerprint density at radius 3 is 2.46 bits per heavy atom. The standard InChI is InChI=1S/C30H31F2N5O2/c1-4-39-30(38)26-16-23(20-5-8-22(9-6-20)37-13-11-19(17-33)12-14-37)27(28(34)18(2)3)29(36-26)35-25-10-7-21(31)15-24(25)32/h5-10,15-16,18-19,34H,4,11-14H2,1-3H3,(H,35,36). The molecule has 2 N–H and O–H groups in total. The molecule has 0 bridgehead atoms. The van der Waals surface area contributed by atoms with Crippen LogP contribution in [0.25, 0.3) is 11.1 Å². The van der Waals surface area contributed by atoms with Crippen LogP contribution in [0.2, 0.25) is 0 Å². The van der Waals surface area contributed by atoms with Gasteiger partial charge in [0.05, 0.1) is 18.4 Å². The molecule has 0 atom stereocenters. The number of benzene rings is 2. The van der Waals surface area contributed by atoms with Crippen molar-refractivity contribution in [1.29, 1.82) is 10.7 Å². The minimum atomic E-state index is -0.827. The highest BCUT2D eigenvalue weighted by Gasteiger charge is 2.24. The van der Waals surface area contributed by atoms with Crippen LogP contribution in [-0.4, -0.2) is 36.4 Å². The Hall–Kier alpha value is -4.32. The zero-order valence-electron chi connectivity index (χ0n) is 22.2. The molecular weight excluding hydrogens is 500 g/mol. The van der Waals surface area contributed by atoms with E-state index >= 15 is 0 Å². The van der Waals surface area contributed by atoms with E-state index in [0.29, 0.717) is 11.1 Å². The summed E-state index contributed by atoms with van der Waals surface area (Å²) in [6.07, 6.45) is 1.63. The number of halogens is 2. The predicted octanol–water partition coefficient (Wildman–Crippen LogP) is 6.71. The topological polar surface area (TPSA) is 102 Å². The van der Waals surface area contributed by atoms with E-state index in [4.69, 9.17) is 10.1 Å². The van der Waals surface area contributed by atoms with Crippen molar-refractivity contribution in [1.82, 2.24) is 4.98 Å². The summed E-state index contributed by atoms with van der Waals surface area (Å²) in [7, 11) is 0. The lowest BCUT2D eigenvalue weighted by Crippen LogP contribution is -2.33. The molecule has 0 aliphatic carbocycles. The summed E-state index contributed by atoms with van der Waals surface area (Å²) in [5.41, 5.74) is 2.92. The molecule has 0 saturated carbocycles. The van der Waals surface area contributed by atoms with Gasteiger partial charge in [-0.1, -0.05) is 26.0 Å². The molecule has 1 aromatic heterocycles. The Morgan fingerprint density at radius 1 is 1.18 bits per heavy atom. The van der Waals surface area contributed by atoms with E-state index in [9.17, 15) is 18.8 Å². The van der Waals surface area contributed by atoms with Crippen molar-refractivity contribution < 1.29 is 18.3 Å². The Morgan fingerprint density at radius 2 is 1.87 bits per heavy atom. The number of hydrogen-bond acceptors (Lipinski definition) is 7. The van der Waals surface area contributed by atoms with Gasteiger partial charge in [-0.25, -0.2) is 18.6 Å². The van der Waals surface area contributed by atoms with Crippen molar-refractivity contribution in [3.8, 4) is 17.2 Å². The number of carbonyl (C=O) groups is 1. The van der Waals surface area contributed by atoms with E-state index in [-0.39, 0.29) is 41.4 Å². The maximum absolute atomic E-state index is 14.6. The number of carbonyl (C=O) groups excluding carboxylic acids is 1. The first-order valence-electron chi connectivity index (χ1n) is 13.0. The molecule has 1 fully saturated rings. The number of rotatable bonds is 8. The summed E-state index contributed by atoms with van der Waals surface area (Å²) in [6.45, 7) is 7.14. The summed E-state index contributed by atoms with van der Waals surface area (Å²) in [4.78, 5) is 19.4. The van der Waals surface area contributed by atoms with Gasteiger partial charge in [0.15, 0.2) is 5.69 Å². The number of aromatic nitrogens is 1. The average molecular weight is 532 g/mol. The fourth-order valence-electron chi connectivity index (χ4n) is 4.57. The van der Waals surface area contributed by atoms with Gasteiger partial charge in [-0.15, -0.1) is 0 Å². The van der Waals surface area contributed by atoms with Crippen LogP contribution in [0, 0.1) is 40.2 Å². The van der Waals surface area contributed by atoms with E-state index in [2.05, 4.69) is 21.3 Å². The SMILES string of the molecule is CCOC(=O)c1cc(-c2ccc(N3CCC(C#N)CC3)cc2)c(C(=N)C(C)C)c(Nc2ccc(F)cc2F)n1. The van der Waals surface area contributed by atoms with E-state index in [1.165, 1.54) is 6.07 Å². The van der Waals surface area contributed by atoms with Crippen molar-refractivity contribution >= 4 is 28.9 Å². The molecule has 39 heavy (non-hydrogen) atoms. The second-order valence-corrected chi connectivity index (χ2v) is 9.75. The number of ether oxygens (including phenoxy) is 1. The molecule has 0 radical (unpaired) electrons. The van der Waals surface area contributed by atoms with Crippen LogP contribution in [0.3, 0.4) is 0 Å². The van der Waals surface area contributed by atoms with Crippen molar-refractivity contribution in [2.75, 3.05) is 29.9 Å². The number of nitrogens with one attached hydrogen (secondary N) is 2. The smallest absolute Gasteiger partial charge is 0.357 e. The Bertz CT molecular complexity index is 1410. The molecule has 2 heterocycles. The van der Waals surface area contributed by atoms with Crippen molar-refractivity contribution in [3.63, 3.8) is 0 Å². The van der Waals surface area contributed by atoms with Crippen LogP contribution in [-0.2, 0) is 4.74 Å². The van der Waals surface area contributed by atoms with Gasteiger partial charge in [0.25, 0.3) is 0 Å². The van der Waals surface area contributed by atoms with Crippen molar-refractivity contribution in [2.24, 2.45) is 11.8 Å². The van der Waals surface area contributed by atoms with Gasteiger partial charge in [0, 0.05) is 42.0 Å². The van der Waals surface area contributed by atoms with Crippen molar-refractivity contribution in [2.45, 2.75) is 33.6 Å². The Kier molecular flexibility index (Phi) is 8.55. The van der Waals surface area contributed by atoms with Crippen LogP contribution in [0.4, 0.5) is 26.0 Å². The molecule has 3 aromatic rings. The van der Waals surface area contributed by atoms with Gasteiger partial charge >= 0.3 is 5.97 Å². The van der Waals surface area contributed by atoms with Crippen molar-refractivity contribution in [3.05, 3.63) is 71.4 Å². The third kappa shape index (κ3) is 6.23. The number of anilines is 3. The third-order valence-electron chi connectivity index (χ3n) is 6.76. The van der Waals surface area contributed by atoms with Gasteiger partial charge in [-0.05, 0) is 67.1 Å². The van der Waals surface area contributed by atoms with E-state index in [1.807, 2.05) is 38.1 Å². The predicted molar refractivity (Wildman–Crippen MR) is 147 cm³/mol. The number of hydrogen-bond donors (Lipinski definition) is 2. The maximum atomic E-state index is 14.6. The van der Waals surface area contributed by atoms with Crippen LogP contribution < -0.4 is 10.2 Å². The molecule has 0 amide bonds. The number of piperidine rings is 1. The van der Waals surface area contributed by atoms with Gasteiger partial charge in [-0.2, -0.15) is 5.26 Å². The molecule has 9 heteroatoms. The van der Waals surface area contributed by atoms with Crippen LogP contribution in [0.1, 0.15) is 49.7 Å². The first-order chi connectivity index (χ1) is 18.7. The highest BCUT2D eigenvalue weighted by Crippen LogP contribution is 2.35. The first kappa shape index (κ1) is 27.7. The monoisotopic (exact) mass is 531 g/mol. The lowest BCUT2D eigenvalue weighted by atomic mass is 9.91. The highest BCUT2D eigenvalue weighted by atomic mass is 19.1. The second-order valence-electron chi connectivity index (χ2n) is 9.75. The molecule has 1 saturated heterocycles. The van der Waals surface area contributed by atoms with Crippen LogP contribution >= 0.6 is 0 Å². The number of pyridine rings is 1. The molecule has 2 aromatic carbocycles. The molecule has 1 aliphatic heterocycles. The molecule has 1 aliphatic rings. The van der Waals surface area contributed by atoms with E-state index < -0.39 is 17.6 Å².